The van der Waals surface area contributed by atoms with E-state index in [2.05, 4.69) is 42.3 Å². The zero-order valence-electron chi connectivity index (χ0n) is 13.4. The van der Waals surface area contributed by atoms with E-state index in [1.54, 1.807) is 0 Å². The molecule has 0 amide bonds. The topological polar surface area (TPSA) is 24.5 Å². The lowest BCUT2D eigenvalue weighted by molar-refractivity contribution is 0.134. The van der Waals surface area contributed by atoms with Gasteiger partial charge in [0, 0.05) is 31.9 Å². The maximum absolute atomic E-state index is 6.25. The fourth-order valence-electron chi connectivity index (χ4n) is 3.41. The van der Waals surface area contributed by atoms with Crippen molar-refractivity contribution in [1.82, 2.24) is 5.32 Å². The van der Waals surface area contributed by atoms with Crippen molar-refractivity contribution in [3.8, 4) is 5.75 Å². The van der Waals surface area contributed by atoms with Crippen LogP contribution in [0, 0.1) is 12.8 Å². The second-order valence-electron chi connectivity index (χ2n) is 6.69. The minimum Gasteiger partial charge on any atom is -0.490 e. The molecule has 1 aromatic rings. The first-order valence-corrected chi connectivity index (χ1v) is 8.45. The number of hydrogen-bond acceptors (Lipinski definition) is 3. The summed E-state index contributed by atoms with van der Waals surface area (Å²) in [6.45, 7) is 8.88. The highest BCUT2D eigenvalue weighted by Crippen LogP contribution is 2.30. The molecular weight excluding hydrogens is 260 g/mol. The fourth-order valence-corrected chi connectivity index (χ4v) is 3.41. The number of hydrogen-bond donors (Lipinski definition) is 1. The molecular formula is C18H28N2O. The van der Waals surface area contributed by atoms with Crippen LogP contribution in [-0.2, 0) is 0 Å². The van der Waals surface area contributed by atoms with Gasteiger partial charge in [-0.15, -0.1) is 0 Å². The van der Waals surface area contributed by atoms with E-state index in [0.717, 1.165) is 37.8 Å². The highest BCUT2D eigenvalue weighted by molar-refractivity contribution is 5.53. The number of rotatable bonds is 3. The van der Waals surface area contributed by atoms with Crippen molar-refractivity contribution < 1.29 is 4.74 Å². The lowest BCUT2D eigenvalue weighted by Gasteiger charge is -2.31. The minimum atomic E-state index is 0.421. The fraction of sp³-hybridized carbons (Fsp3) is 0.667. The molecule has 0 radical (unpaired) electrons. The van der Waals surface area contributed by atoms with E-state index in [9.17, 15) is 0 Å². The van der Waals surface area contributed by atoms with E-state index in [4.69, 9.17) is 4.74 Å². The minimum absolute atomic E-state index is 0.421. The molecule has 3 rings (SSSR count). The third-order valence-corrected chi connectivity index (χ3v) is 4.90. The zero-order chi connectivity index (χ0) is 14.7. The van der Waals surface area contributed by atoms with E-state index in [1.165, 1.54) is 36.9 Å². The number of aryl methyl sites for hydroxylation is 1. The first-order chi connectivity index (χ1) is 10.2. The van der Waals surface area contributed by atoms with E-state index in [-0.39, 0.29) is 0 Å². The van der Waals surface area contributed by atoms with Gasteiger partial charge in [-0.05, 0) is 62.3 Å². The van der Waals surface area contributed by atoms with Gasteiger partial charge in [-0.25, -0.2) is 0 Å². The van der Waals surface area contributed by atoms with Crippen LogP contribution in [0.25, 0.3) is 0 Å². The maximum atomic E-state index is 6.25. The summed E-state index contributed by atoms with van der Waals surface area (Å²) in [6.07, 6.45) is 5.45. The summed E-state index contributed by atoms with van der Waals surface area (Å²) in [5.74, 6) is 1.95. The molecule has 3 heteroatoms. The van der Waals surface area contributed by atoms with E-state index in [1.807, 2.05) is 0 Å². The van der Waals surface area contributed by atoms with Gasteiger partial charge in [0.1, 0.15) is 5.75 Å². The molecule has 0 atom stereocenters. The molecule has 1 aromatic carbocycles. The summed E-state index contributed by atoms with van der Waals surface area (Å²) in [7, 11) is 0. The lowest BCUT2D eigenvalue weighted by Crippen LogP contribution is -2.43. The Kier molecular flexibility index (Phi) is 4.69. The Bertz CT molecular complexity index is 460. The average molecular weight is 288 g/mol. The maximum Gasteiger partial charge on any atom is 0.122 e. The van der Waals surface area contributed by atoms with E-state index in [0.29, 0.717) is 6.10 Å². The van der Waals surface area contributed by atoms with Crippen LogP contribution in [0.4, 0.5) is 5.69 Å². The van der Waals surface area contributed by atoms with Crippen LogP contribution in [0.15, 0.2) is 18.2 Å². The highest BCUT2D eigenvalue weighted by Gasteiger charge is 2.20. The standard InChI is InChI=1S/C18H28N2O/c1-14-3-6-17(7-4-14)21-18-8-5-16(13-15(18)2)20-11-9-19-10-12-20/h5,8,13-14,17,19H,3-4,6-7,9-12H2,1-2H3. The molecule has 0 bridgehead atoms. The van der Waals surface area contributed by atoms with E-state index < -0.39 is 0 Å². The quantitative estimate of drug-likeness (QED) is 0.923. The van der Waals surface area contributed by atoms with Crippen molar-refractivity contribution in [1.29, 1.82) is 0 Å². The van der Waals surface area contributed by atoms with Crippen molar-refractivity contribution in [2.75, 3.05) is 31.1 Å². The van der Waals surface area contributed by atoms with Crippen molar-refractivity contribution in [2.45, 2.75) is 45.6 Å². The summed E-state index contributed by atoms with van der Waals surface area (Å²) < 4.78 is 6.25. The van der Waals surface area contributed by atoms with Crippen LogP contribution < -0.4 is 15.0 Å². The summed E-state index contributed by atoms with van der Waals surface area (Å²) in [4.78, 5) is 2.45. The second kappa shape index (κ2) is 6.69. The van der Waals surface area contributed by atoms with Gasteiger partial charge >= 0.3 is 0 Å². The number of piperazine rings is 1. The molecule has 0 aromatic heterocycles. The molecule has 116 valence electrons. The highest BCUT2D eigenvalue weighted by atomic mass is 16.5. The van der Waals surface area contributed by atoms with Gasteiger partial charge < -0.3 is 15.0 Å². The number of benzene rings is 1. The molecule has 0 unspecified atom stereocenters. The smallest absolute Gasteiger partial charge is 0.122 e. The number of ether oxygens (including phenoxy) is 1. The largest absolute Gasteiger partial charge is 0.490 e. The van der Waals surface area contributed by atoms with Gasteiger partial charge in [-0.3, -0.25) is 0 Å². The van der Waals surface area contributed by atoms with Crippen LogP contribution in [0.3, 0.4) is 0 Å². The molecule has 0 spiro atoms. The van der Waals surface area contributed by atoms with Crippen LogP contribution in [0.1, 0.15) is 38.2 Å². The Morgan fingerprint density at radius 3 is 2.48 bits per heavy atom. The van der Waals surface area contributed by atoms with Crippen molar-refractivity contribution in [3.05, 3.63) is 23.8 Å². The predicted octanol–water partition coefficient (Wildman–Crippen LogP) is 3.36. The first-order valence-electron chi connectivity index (χ1n) is 8.45. The molecule has 21 heavy (non-hydrogen) atoms. The monoisotopic (exact) mass is 288 g/mol. The molecule has 1 aliphatic heterocycles. The van der Waals surface area contributed by atoms with Gasteiger partial charge in [0.15, 0.2) is 0 Å². The summed E-state index contributed by atoms with van der Waals surface area (Å²) in [5, 5.41) is 3.40. The Balaban J connectivity index is 1.63. The van der Waals surface area contributed by atoms with Crippen LogP contribution >= 0.6 is 0 Å². The van der Waals surface area contributed by atoms with Crippen molar-refractivity contribution >= 4 is 5.69 Å². The third kappa shape index (κ3) is 3.70. The molecule has 3 nitrogen and oxygen atoms in total. The van der Waals surface area contributed by atoms with Gasteiger partial charge in [-0.1, -0.05) is 6.92 Å². The summed E-state index contributed by atoms with van der Waals surface area (Å²) in [5.41, 5.74) is 2.60. The molecule has 1 N–H and O–H groups in total. The summed E-state index contributed by atoms with van der Waals surface area (Å²) >= 11 is 0. The van der Waals surface area contributed by atoms with Crippen LogP contribution in [0.2, 0.25) is 0 Å². The molecule has 2 aliphatic rings. The molecule has 1 heterocycles. The number of nitrogens with zero attached hydrogens (tertiary/aromatic N) is 1. The predicted molar refractivity (Wildman–Crippen MR) is 88.3 cm³/mol. The van der Waals surface area contributed by atoms with Crippen LogP contribution in [-0.4, -0.2) is 32.3 Å². The van der Waals surface area contributed by atoms with Crippen molar-refractivity contribution in [3.63, 3.8) is 0 Å². The van der Waals surface area contributed by atoms with Gasteiger partial charge in [0.05, 0.1) is 6.10 Å². The molecule has 2 fully saturated rings. The van der Waals surface area contributed by atoms with Crippen LogP contribution in [0.5, 0.6) is 5.75 Å². The normalized spacial score (nSPS) is 26.7. The molecule has 1 saturated heterocycles. The lowest BCUT2D eigenvalue weighted by atomic mass is 9.89. The first kappa shape index (κ1) is 14.7. The van der Waals surface area contributed by atoms with E-state index >= 15 is 0 Å². The summed E-state index contributed by atoms with van der Waals surface area (Å²) in [6, 6.07) is 6.68. The average Bonchev–Trinajstić information content (AvgIpc) is 2.52. The second-order valence-corrected chi connectivity index (χ2v) is 6.69. The SMILES string of the molecule is Cc1cc(N2CCNCC2)ccc1OC1CCC(C)CC1. The Morgan fingerprint density at radius 2 is 1.81 bits per heavy atom. The zero-order valence-corrected chi connectivity index (χ0v) is 13.4. The molecule has 1 aliphatic carbocycles. The third-order valence-electron chi connectivity index (χ3n) is 4.90. The Morgan fingerprint density at radius 1 is 1.10 bits per heavy atom. The van der Waals surface area contributed by atoms with Gasteiger partial charge in [-0.2, -0.15) is 0 Å². The number of anilines is 1. The Hall–Kier alpha value is -1.22. The molecule has 1 saturated carbocycles. The Labute approximate surface area is 128 Å². The van der Waals surface area contributed by atoms with Crippen molar-refractivity contribution in [2.24, 2.45) is 5.92 Å². The van der Waals surface area contributed by atoms with Gasteiger partial charge in [0.2, 0.25) is 0 Å². The van der Waals surface area contributed by atoms with Gasteiger partial charge in [0.25, 0.3) is 0 Å². The number of nitrogens with one attached hydrogen (secondary N) is 1.